The summed E-state index contributed by atoms with van der Waals surface area (Å²) in [7, 11) is -1.66. The molecule has 0 aromatic heterocycles. The van der Waals surface area contributed by atoms with E-state index in [2.05, 4.69) is 15.6 Å². The van der Waals surface area contributed by atoms with Gasteiger partial charge >= 0.3 is 0 Å². The summed E-state index contributed by atoms with van der Waals surface area (Å²) in [6.07, 6.45) is 4.28. The number of fused-ring (bicyclic) bond motifs is 1. The van der Waals surface area contributed by atoms with Crippen LogP contribution < -0.4 is 14.9 Å². The molecule has 1 aromatic rings. The molecule has 1 heterocycles. The number of rotatable bonds is 10. The van der Waals surface area contributed by atoms with Crippen molar-refractivity contribution in [1.82, 2.24) is 10.6 Å². The number of aliphatic imine (C=N–C) groups is 1. The summed E-state index contributed by atoms with van der Waals surface area (Å²) in [4.78, 5) is 4.14. The molecule has 0 saturated heterocycles. The van der Waals surface area contributed by atoms with Crippen LogP contribution in [0.15, 0.2) is 29.3 Å². The Kier molecular flexibility index (Phi) is 9.29. The average molecular weight is 522 g/mol. The van der Waals surface area contributed by atoms with Gasteiger partial charge in [-0.2, -0.15) is 0 Å². The zero-order valence-electron chi connectivity index (χ0n) is 16.4. The summed E-state index contributed by atoms with van der Waals surface area (Å²) < 4.78 is 32.5. The summed E-state index contributed by atoms with van der Waals surface area (Å²) in [5.74, 6) is 1.44. The van der Waals surface area contributed by atoms with E-state index in [1.165, 1.54) is 17.1 Å². The van der Waals surface area contributed by atoms with Crippen molar-refractivity contribution in [3.8, 4) is 0 Å². The van der Waals surface area contributed by atoms with E-state index in [1.54, 1.807) is 7.05 Å². The Hall–Kier alpha value is -1.07. The second-order valence-electron chi connectivity index (χ2n) is 7.06. The third kappa shape index (κ3) is 6.77. The average Bonchev–Trinajstić information content (AvgIpc) is 3.38. The largest absolute Gasteiger partial charge is 0.381 e. The molecule has 3 rings (SSSR count). The number of halogens is 1. The molecule has 1 aliphatic carbocycles. The fraction of sp³-hybridized carbons (Fsp3) is 0.632. The lowest BCUT2D eigenvalue weighted by Gasteiger charge is -2.20. The highest BCUT2D eigenvalue weighted by Crippen LogP contribution is 2.30. The predicted molar refractivity (Wildman–Crippen MR) is 124 cm³/mol. The number of nitrogens with one attached hydrogen (secondary N) is 2. The summed E-state index contributed by atoms with van der Waals surface area (Å²) in [6, 6.07) is 7.69. The van der Waals surface area contributed by atoms with Gasteiger partial charge in [-0.15, -0.1) is 24.0 Å². The van der Waals surface area contributed by atoms with Crippen molar-refractivity contribution in [3.63, 3.8) is 0 Å². The highest BCUT2D eigenvalue weighted by Gasteiger charge is 2.28. The second-order valence-corrected chi connectivity index (χ2v) is 9.08. The zero-order valence-corrected chi connectivity index (χ0v) is 19.5. The Balaban J connectivity index is 0.00000280. The van der Waals surface area contributed by atoms with Gasteiger partial charge in [-0.1, -0.05) is 18.2 Å². The van der Waals surface area contributed by atoms with E-state index in [-0.39, 0.29) is 29.7 Å². The number of ether oxygens (including phenoxy) is 1. The van der Waals surface area contributed by atoms with Gasteiger partial charge in [0.15, 0.2) is 5.96 Å². The van der Waals surface area contributed by atoms with E-state index in [1.807, 2.05) is 24.3 Å². The number of hydrogen-bond donors (Lipinski definition) is 2. The third-order valence-electron chi connectivity index (χ3n) is 4.86. The van der Waals surface area contributed by atoms with E-state index < -0.39 is 10.0 Å². The lowest BCUT2D eigenvalue weighted by Crippen LogP contribution is -2.42. The minimum atomic E-state index is -3.34. The van der Waals surface area contributed by atoms with Crippen LogP contribution in [0.5, 0.6) is 0 Å². The molecular formula is C19H31IN4O3S. The maximum absolute atomic E-state index is 12.7. The number of anilines is 1. The van der Waals surface area contributed by atoms with E-state index in [0.717, 1.165) is 49.8 Å². The summed E-state index contributed by atoms with van der Waals surface area (Å²) >= 11 is 0. The fourth-order valence-electron chi connectivity index (χ4n) is 3.14. The second kappa shape index (κ2) is 11.2. The standard InChI is InChI=1S/C19H30N4O3S.HI/c1-20-19(21-10-4-13-26-15-16-7-8-16)22-11-14-27(24,25)23-12-9-17-5-2-3-6-18(17)23;/h2-3,5-6,16H,4,7-15H2,1H3,(H2,20,21,22);1H. The van der Waals surface area contributed by atoms with Gasteiger partial charge in [0.2, 0.25) is 10.0 Å². The number of benzene rings is 1. The number of nitrogens with zero attached hydrogens (tertiary/aromatic N) is 2. The molecule has 1 aromatic carbocycles. The van der Waals surface area contributed by atoms with Crippen molar-refractivity contribution >= 4 is 45.6 Å². The Morgan fingerprint density at radius 1 is 1.25 bits per heavy atom. The molecule has 0 spiro atoms. The highest BCUT2D eigenvalue weighted by molar-refractivity contribution is 14.0. The Morgan fingerprint density at radius 3 is 2.75 bits per heavy atom. The molecule has 28 heavy (non-hydrogen) atoms. The summed E-state index contributed by atoms with van der Waals surface area (Å²) in [5.41, 5.74) is 1.90. The molecule has 158 valence electrons. The normalized spacial score (nSPS) is 16.5. The minimum Gasteiger partial charge on any atom is -0.381 e. The van der Waals surface area contributed by atoms with Crippen LogP contribution in [0, 0.1) is 5.92 Å². The summed E-state index contributed by atoms with van der Waals surface area (Å²) in [5, 5.41) is 6.28. The lowest BCUT2D eigenvalue weighted by atomic mass is 10.2. The van der Waals surface area contributed by atoms with E-state index >= 15 is 0 Å². The zero-order chi connectivity index (χ0) is 19.1. The van der Waals surface area contributed by atoms with Crippen LogP contribution in [-0.2, 0) is 21.2 Å². The van der Waals surface area contributed by atoms with Crippen LogP contribution in [0.1, 0.15) is 24.8 Å². The molecule has 0 unspecified atom stereocenters. The smallest absolute Gasteiger partial charge is 0.236 e. The first kappa shape index (κ1) is 23.2. The predicted octanol–water partition coefficient (Wildman–Crippen LogP) is 1.98. The molecule has 1 saturated carbocycles. The fourth-order valence-corrected chi connectivity index (χ4v) is 4.57. The van der Waals surface area contributed by atoms with Crippen LogP contribution in [0.2, 0.25) is 0 Å². The van der Waals surface area contributed by atoms with E-state index in [4.69, 9.17) is 4.74 Å². The quantitative estimate of drug-likeness (QED) is 0.213. The number of hydrogen-bond acceptors (Lipinski definition) is 4. The van der Waals surface area contributed by atoms with Gasteiger partial charge in [0.1, 0.15) is 0 Å². The molecule has 0 bridgehead atoms. The van der Waals surface area contributed by atoms with Crippen LogP contribution in [-0.4, -0.2) is 60.0 Å². The maximum atomic E-state index is 12.7. The topological polar surface area (TPSA) is 83.0 Å². The van der Waals surface area contributed by atoms with Crippen LogP contribution in [0.25, 0.3) is 0 Å². The Labute approximate surface area is 185 Å². The van der Waals surface area contributed by atoms with Gasteiger partial charge in [-0.25, -0.2) is 8.42 Å². The molecule has 2 aliphatic rings. The van der Waals surface area contributed by atoms with Crippen molar-refractivity contribution < 1.29 is 13.2 Å². The highest BCUT2D eigenvalue weighted by atomic mass is 127. The Morgan fingerprint density at radius 2 is 2.00 bits per heavy atom. The van der Waals surface area contributed by atoms with Crippen LogP contribution in [0.4, 0.5) is 5.69 Å². The van der Waals surface area contributed by atoms with Crippen molar-refractivity contribution in [2.45, 2.75) is 25.7 Å². The molecule has 0 atom stereocenters. The summed E-state index contributed by atoms with van der Waals surface area (Å²) in [6.45, 7) is 3.21. The molecular weight excluding hydrogens is 491 g/mol. The maximum Gasteiger partial charge on any atom is 0.236 e. The molecule has 0 amide bonds. The molecule has 9 heteroatoms. The van der Waals surface area contributed by atoms with Crippen molar-refractivity contribution in [1.29, 1.82) is 0 Å². The first-order valence-electron chi connectivity index (χ1n) is 9.71. The van der Waals surface area contributed by atoms with Crippen molar-refractivity contribution in [2.24, 2.45) is 10.9 Å². The van der Waals surface area contributed by atoms with Crippen molar-refractivity contribution in [2.75, 3.05) is 50.0 Å². The van der Waals surface area contributed by atoms with Gasteiger partial charge in [0.05, 0.1) is 11.4 Å². The monoisotopic (exact) mass is 522 g/mol. The van der Waals surface area contributed by atoms with Crippen LogP contribution in [0.3, 0.4) is 0 Å². The number of sulfonamides is 1. The van der Waals surface area contributed by atoms with Crippen molar-refractivity contribution in [3.05, 3.63) is 29.8 Å². The van der Waals surface area contributed by atoms with Gasteiger partial charge in [-0.05, 0) is 43.2 Å². The number of para-hydroxylation sites is 1. The molecule has 7 nitrogen and oxygen atoms in total. The SMILES string of the molecule is CN=C(NCCCOCC1CC1)NCCS(=O)(=O)N1CCc2ccccc21.I. The minimum absolute atomic E-state index is 0. The van der Waals surface area contributed by atoms with E-state index in [9.17, 15) is 8.42 Å². The molecule has 2 N–H and O–H groups in total. The lowest BCUT2D eigenvalue weighted by molar-refractivity contribution is 0.123. The molecule has 0 radical (unpaired) electrons. The van der Waals surface area contributed by atoms with Gasteiger partial charge in [0.25, 0.3) is 0 Å². The first-order chi connectivity index (χ1) is 13.1. The van der Waals surface area contributed by atoms with Gasteiger partial charge in [0, 0.05) is 39.9 Å². The third-order valence-corrected chi connectivity index (χ3v) is 6.64. The van der Waals surface area contributed by atoms with Crippen LogP contribution >= 0.6 is 24.0 Å². The number of guanidine groups is 1. The Bertz CT molecular complexity index is 753. The molecule has 1 aliphatic heterocycles. The van der Waals surface area contributed by atoms with E-state index in [0.29, 0.717) is 19.0 Å². The van der Waals surface area contributed by atoms with Gasteiger partial charge < -0.3 is 15.4 Å². The van der Waals surface area contributed by atoms with Gasteiger partial charge in [-0.3, -0.25) is 9.30 Å². The molecule has 1 fully saturated rings. The first-order valence-corrected chi connectivity index (χ1v) is 11.3.